The number of azo groups is 1. The number of hydrogen-bond acceptors (Lipinski definition) is 3. The standard InChI is InChI=1S/C19H13N3/c1-2-8-14(9-3-1)21-22-19-15-10-4-6-12-17(15)20-18-13-7-5-11-16(18)19/h1-13H. The molecule has 0 aliphatic carbocycles. The van der Waals surface area contributed by atoms with Gasteiger partial charge in [-0.2, -0.15) is 5.11 Å². The van der Waals surface area contributed by atoms with Crippen LogP contribution in [0.25, 0.3) is 21.8 Å². The van der Waals surface area contributed by atoms with Gasteiger partial charge in [-0.3, -0.25) is 0 Å². The van der Waals surface area contributed by atoms with Crippen molar-refractivity contribution in [3.63, 3.8) is 0 Å². The van der Waals surface area contributed by atoms with Gasteiger partial charge in [0, 0.05) is 10.8 Å². The van der Waals surface area contributed by atoms with E-state index in [1.807, 2.05) is 78.9 Å². The molecule has 3 heteroatoms. The maximum absolute atomic E-state index is 4.69. The predicted molar refractivity (Wildman–Crippen MR) is 89.9 cm³/mol. The molecule has 4 aromatic rings. The van der Waals surface area contributed by atoms with Gasteiger partial charge < -0.3 is 0 Å². The van der Waals surface area contributed by atoms with Crippen LogP contribution in [0.15, 0.2) is 89.1 Å². The zero-order valence-corrected chi connectivity index (χ0v) is 11.8. The highest BCUT2D eigenvalue weighted by Gasteiger charge is 2.07. The fourth-order valence-corrected chi connectivity index (χ4v) is 2.53. The van der Waals surface area contributed by atoms with Crippen molar-refractivity contribution in [1.29, 1.82) is 0 Å². The van der Waals surface area contributed by atoms with Crippen LogP contribution in [0.5, 0.6) is 0 Å². The van der Waals surface area contributed by atoms with E-state index in [2.05, 4.69) is 10.2 Å². The van der Waals surface area contributed by atoms with Crippen LogP contribution in [0.1, 0.15) is 0 Å². The molecule has 0 bridgehead atoms. The van der Waals surface area contributed by atoms with Crippen LogP contribution in [0.4, 0.5) is 11.4 Å². The maximum Gasteiger partial charge on any atom is 0.104 e. The molecule has 0 spiro atoms. The lowest BCUT2D eigenvalue weighted by Gasteiger charge is -2.05. The lowest BCUT2D eigenvalue weighted by Crippen LogP contribution is -1.83. The number of benzene rings is 3. The largest absolute Gasteiger partial charge is 0.248 e. The Labute approximate surface area is 128 Å². The average Bonchev–Trinajstić information content (AvgIpc) is 2.59. The Bertz CT molecular complexity index is 921. The number of hydrogen-bond donors (Lipinski definition) is 0. The third kappa shape index (κ3) is 2.23. The van der Waals surface area contributed by atoms with Gasteiger partial charge in [-0.05, 0) is 24.3 Å². The lowest BCUT2D eigenvalue weighted by atomic mass is 10.1. The highest BCUT2D eigenvalue weighted by molar-refractivity contribution is 6.05. The molecular weight excluding hydrogens is 270 g/mol. The molecule has 1 heterocycles. The Balaban J connectivity index is 1.98. The van der Waals surface area contributed by atoms with Crippen LogP contribution in [0.3, 0.4) is 0 Å². The van der Waals surface area contributed by atoms with Crippen LogP contribution in [0.2, 0.25) is 0 Å². The summed E-state index contributed by atoms with van der Waals surface area (Å²) >= 11 is 0. The SMILES string of the molecule is c1ccc(N=Nc2c3ccccc3nc3ccccc23)cc1. The van der Waals surface area contributed by atoms with Gasteiger partial charge in [-0.15, -0.1) is 5.11 Å². The van der Waals surface area contributed by atoms with E-state index in [1.54, 1.807) is 0 Å². The number of fused-ring (bicyclic) bond motifs is 2. The number of para-hydroxylation sites is 2. The topological polar surface area (TPSA) is 37.6 Å². The Morgan fingerprint density at radius 3 is 1.73 bits per heavy atom. The number of pyridine rings is 1. The average molecular weight is 283 g/mol. The second-order valence-corrected chi connectivity index (χ2v) is 5.03. The zero-order valence-electron chi connectivity index (χ0n) is 11.8. The van der Waals surface area contributed by atoms with Gasteiger partial charge in [0.25, 0.3) is 0 Å². The minimum Gasteiger partial charge on any atom is -0.248 e. The van der Waals surface area contributed by atoms with Crippen molar-refractivity contribution in [2.24, 2.45) is 10.2 Å². The summed E-state index contributed by atoms with van der Waals surface area (Å²) in [5.41, 5.74) is 3.57. The molecule has 0 amide bonds. The van der Waals surface area contributed by atoms with E-state index in [4.69, 9.17) is 4.98 Å². The van der Waals surface area contributed by atoms with Gasteiger partial charge in [-0.25, -0.2) is 4.98 Å². The minimum atomic E-state index is 0.840. The van der Waals surface area contributed by atoms with E-state index in [0.717, 1.165) is 33.2 Å². The number of rotatable bonds is 2. The summed E-state index contributed by atoms with van der Waals surface area (Å²) in [6.07, 6.45) is 0. The highest BCUT2D eigenvalue weighted by Crippen LogP contribution is 2.33. The normalized spacial score (nSPS) is 11.5. The van der Waals surface area contributed by atoms with E-state index in [0.29, 0.717) is 0 Å². The van der Waals surface area contributed by atoms with Crippen molar-refractivity contribution >= 4 is 33.2 Å². The Hall–Kier alpha value is -3.07. The summed E-state index contributed by atoms with van der Waals surface area (Å²) in [5.74, 6) is 0. The third-order valence-corrected chi connectivity index (χ3v) is 3.58. The second kappa shape index (κ2) is 5.37. The Morgan fingerprint density at radius 2 is 1.09 bits per heavy atom. The first kappa shape index (κ1) is 12.7. The Morgan fingerprint density at radius 1 is 0.545 bits per heavy atom. The molecule has 0 saturated carbocycles. The molecular formula is C19H13N3. The molecule has 1 aromatic heterocycles. The fourth-order valence-electron chi connectivity index (χ4n) is 2.53. The summed E-state index contributed by atoms with van der Waals surface area (Å²) in [4.78, 5) is 4.69. The van der Waals surface area contributed by atoms with Gasteiger partial charge in [0.05, 0.1) is 16.7 Å². The second-order valence-electron chi connectivity index (χ2n) is 5.03. The van der Waals surface area contributed by atoms with Crippen LogP contribution in [0, 0.1) is 0 Å². The van der Waals surface area contributed by atoms with Crippen LogP contribution in [-0.2, 0) is 0 Å². The minimum absolute atomic E-state index is 0.840. The van der Waals surface area contributed by atoms with E-state index in [9.17, 15) is 0 Å². The van der Waals surface area contributed by atoms with Gasteiger partial charge >= 0.3 is 0 Å². The first-order valence-corrected chi connectivity index (χ1v) is 7.16. The van der Waals surface area contributed by atoms with Crippen molar-refractivity contribution in [1.82, 2.24) is 4.98 Å². The van der Waals surface area contributed by atoms with Gasteiger partial charge in [0.2, 0.25) is 0 Å². The van der Waals surface area contributed by atoms with Gasteiger partial charge in [-0.1, -0.05) is 54.6 Å². The van der Waals surface area contributed by atoms with Gasteiger partial charge in [0.1, 0.15) is 5.69 Å². The summed E-state index contributed by atoms with van der Waals surface area (Å²) in [6, 6.07) is 25.8. The molecule has 0 N–H and O–H groups in total. The van der Waals surface area contributed by atoms with Crippen molar-refractivity contribution in [2.45, 2.75) is 0 Å². The molecule has 22 heavy (non-hydrogen) atoms. The smallest absolute Gasteiger partial charge is 0.104 e. The van der Waals surface area contributed by atoms with E-state index >= 15 is 0 Å². The van der Waals surface area contributed by atoms with Crippen molar-refractivity contribution in [3.8, 4) is 0 Å². The van der Waals surface area contributed by atoms with Crippen molar-refractivity contribution in [2.75, 3.05) is 0 Å². The first-order valence-electron chi connectivity index (χ1n) is 7.16. The molecule has 3 aromatic carbocycles. The first-order chi connectivity index (χ1) is 10.9. The lowest BCUT2D eigenvalue weighted by molar-refractivity contribution is 1.25. The molecule has 0 radical (unpaired) electrons. The third-order valence-electron chi connectivity index (χ3n) is 3.58. The van der Waals surface area contributed by atoms with Crippen LogP contribution in [-0.4, -0.2) is 4.98 Å². The molecule has 0 aliphatic heterocycles. The quantitative estimate of drug-likeness (QED) is 0.338. The van der Waals surface area contributed by atoms with E-state index in [1.165, 1.54) is 0 Å². The van der Waals surface area contributed by atoms with Crippen molar-refractivity contribution < 1.29 is 0 Å². The fraction of sp³-hybridized carbons (Fsp3) is 0. The predicted octanol–water partition coefficient (Wildman–Crippen LogP) is 5.80. The van der Waals surface area contributed by atoms with E-state index in [-0.39, 0.29) is 0 Å². The molecule has 0 atom stereocenters. The number of nitrogens with zero attached hydrogens (tertiary/aromatic N) is 3. The van der Waals surface area contributed by atoms with Gasteiger partial charge in [0.15, 0.2) is 0 Å². The molecule has 0 fully saturated rings. The zero-order chi connectivity index (χ0) is 14.8. The maximum atomic E-state index is 4.69. The van der Waals surface area contributed by atoms with Crippen LogP contribution >= 0.6 is 0 Å². The summed E-state index contributed by atoms with van der Waals surface area (Å²) < 4.78 is 0. The summed E-state index contributed by atoms with van der Waals surface area (Å²) in [7, 11) is 0. The van der Waals surface area contributed by atoms with E-state index < -0.39 is 0 Å². The Kier molecular flexibility index (Phi) is 3.09. The molecule has 104 valence electrons. The van der Waals surface area contributed by atoms with Crippen LogP contribution < -0.4 is 0 Å². The number of aromatic nitrogens is 1. The summed E-state index contributed by atoms with van der Waals surface area (Å²) in [5, 5.41) is 10.9. The molecule has 3 nitrogen and oxygen atoms in total. The summed E-state index contributed by atoms with van der Waals surface area (Å²) in [6.45, 7) is 0. The molecule has 0 saturated heterocycles. The molecule has 0 aliphatic rings. The molecule has 4 rings (SSSR count). The molecule has 0 unspecified atom stereocenters. The van der Waals surface area contributed by atoms with Crippen molar-refractivity contribution in [3.05, 3.63) is 78.9 Å². The highest BCUT2D eigenvalue weighted by atomic mass is 15.1. The monoisotopic (exact) mass is 283 g/mol.